The number of hydrogen-bond acceptors (Lipinski definition) is 7. The molecule has 0 aromatic carbocycles. The first-order valence-electron chi connectivity index (χ1n) is 10.5. The molecule has 0 aromatic rings. The smallest absolute Gasteiger partial charge is 0.323 e. The summed E-state index contributed by atoms with van der Waals surface area (Å²) < 4.78 is 0. The summed E-state index contributed by atoms with van der Waals surface area (Å²) in [5.74, 6) is -3.88. The fourth-order valence-corrected chi connectivity index (χ4v) is 2.70. The summed E-state index contributed by atoms with van der Waals surface area (Å²) in [5.41, 5.74) is 5.42. The average Bonchev–Trinajstić information content (AvgIpc) is 2.80. The summed E-state index contributed by atoms with van der Waals surface area (Å²) >= 11 is 0. The van der Waals surface area contributed by atoms with Crippen molar-refractivity contribution < 1.29 is 33.9 Å². The first kappa shape index (κ1) is 31.0. The van der Waals surface area contributed by atoms with E-state index in [0.29, 0.717) is 0 Å². The van der Waals surface area contributed by atoms with Gasteiger partial charge in [-0.05, 0) is 19.0 Å². The largest absolute Gasteiger partial charge is 0.480 e. The van der Waals surface area contributed by atoms with Crippen LogP contribution in [0.4, 0.5) is 0 Å². The lowest BCUT2D eigenvalue weighted by Gasteiger charge is -2.24. The number of carbonyl (C=O) groups is 6. The molecule has 13 nitrogen and oxygen atoms in total. The van der Waals surface area contributed by atoms with Crippen molar-refractivity contribution in [2.24, 2.45) is 5.73 Å². The quantitative estimate of drug-likeness (QED) is 0.152. The third-order valence-corrected chi connectivity index (χ3v) is 4.38. The molecule has 0 heterocycles. The molecule has 182 valence electrons. The predicted octanol–water partition coefficient (Wildman–Crippen LogP) is -4.49. The van der Waals surface area contributed by atoms with Crippen molar-refractivity contribution in [2.75, 3.05) is 58.9 Å². The molecule has 16 heteroatoms. The van der Waals surface area contributed by atoms with E-state index in [1.807, 2.05) is 0 Å². The van der Waals surface area contributed by atoms with Crippen LogP contribution in [-0.2, 0) is 28.8 Å². The Morgan fingerprint density at radius 2 is 1.00 bits per heavy atom. The van der Waals surface area contributed by atoms with E-state index in [2.05, 4.69) is 10.6 Å². The van der Waals surface area contributed by atoms with Crippen molar-refractivity contribution in [3.63, 3.8) is 0 Å². The lowest BCUT2D eigenvalue weighted by Crippen LogP contribution is -2.47. The molecule has 5 N–H and O–H groups in total. The highest BCUT2D eigenvalue weighted by molar-refractivity contribution is 6.20. The zero-order chi connectivity index (χ0) is 26.1. The Balaban J connectivity index is 4.67. The van der Waals surface area contributed by atoms with Gasteiger partial charge in [0.2, 0.25) is 29.5 Å². The summed E-state index contributed by atoms with van der Waals surface area (Å²) in [7, 11) is 15.9. The van der Waals surface area contributed by atoms with Crippen LogP contribution in [0, 0.1) is 0 Å². The van der Waals surface area contributed by atoms with Gasteiger partial charge in [-0.3, -0.25) is 28.8 Å². The van der Waals surface area contributed by atoms with Gasteiger partial charge in [0.1, 0.15) is 6.54 Å². The van der Waals surface area contributed by atoms with Crippen molar-refractivity contribution in [2.45, 2.75) is 19.0 Å². The first-order valence-corrected chi connectivity index (χ1v) is 10.5. The Kier molecular flexibility index (Phi) is 15.9. The highest BCUT2D eigenvalue weighted by Crippen LogP contribution is 1.96. The van der Waals surface area contributed by atoms with Crippen molar-refractivity contribution in [1.82, 2.24) is 25.3 Å². The van der Waals surface area contributed by atoms with E-state index in [1.165, 1.54) is 4.90 Å². The van der Waals surface area contributed by atoms with Crippen LogP contribution in [0.3, 0.4) is 0 Å². The summed E-state index contributed by atoms with van der Waals surface area (Å²) in [6, 6.07) is 0. The summed E-state index contributed by atoms with van der Waals surface area (Å²) in [5, 5.41) is 13.9. The van der Waals surface area contributed by atoms with Crippen LogP contribution < -0.4 is 16.4 Å². The molecule has 0 aromatic heterocycles. The zero-order valence-electron chi connectivity index (χ0n) is 19.0. The van der Waals surface area contributed by atoms with Crippen LogP contribution in [0.2, 0.25) is 19.0 Å². The molecule has 6 radical (unpaired) electrons. The average molecular weight is 474 g/mol. The fraction of sp³-hybridized carbons (Fsp3) is 0.667. The maximum absolute atomic E-state index is 12.2. The number of nitrogens with two attached hydrogens (primary N) is 1. The van der Waals surface area contributed by atoms with Crippen LogP contribution in [0.25, 0.3) is 0 Å². The number of carbonyl (C=O) groups excluding carboxylic acids is 5. The SMILES string of the molecule is [B]CC(=O)N(CCNC(=O)CN(CCNC(=O)CN(CCN)C(=O)C[B])C(=O)C[B])CC(=O)O. The standard InChI is InChI=1S/C18H29B3N6O7/c19-7-15(30)25(4-1-22)10-13(28)23-2-5-26(16(31)8-20)11-14(29)24-3-6-27(12-18(33)34)17(32)9-21/h1-12,22H2,(H,23,28)(H,24,29)(H,33,34). The van der Waals surface area contributed by atoms with Gasteiger partial charge in [0, 0.05) is 39.3 Å². The second kappa shape index (κ2) is 17.5. The van der Waals surface area contributed by atoms with Crippen molar-refractivity contribution in [1.29, 1.82) is 0 Å². The van der Waals surface area contributed by atoms with Gasteiger partial charge in [-0.1, -0.05) is 0 Å². The maximum atomic E-state index is 12.2. The Bertz CT molecular complexity index is 728. The monoisotopic (exact) mass is 474 g/mol. The Morgan fingerprint density at radius 1 is 0.647 bits per heavy atom. The number of carboxylic acid groups (broad SMARTS) is 1. The van der Waals surface area contributed by atoms with Crippen LogP contribution in [0.15, 0.2) is 0 Å². The molecule has 0 aliphatic heterocycles. The lowest BCUT2D eigenvalue weighted by atomic mass is 10.0. The minimum atomic E-state index is -1.23. The van der Waals surface area contributed by atoms with E-state index < -0.39 is 42.0 Å². The predicted molar refractivity (Wildman–Crippen MR) is 124 cm³/mol. The van der Waals surface area contributed by atoms with Gasteiger partial charge in [0.25, 0.3) is 0 Å². The summed E-state index contributed by atoms with van der Waals surface area (Å²) in [6.45, 7) is -1.09. The van der Waals surface area contributed by atoms with E-state index in [9.17, 15) is 28.8 Å². The third kappa shape index (κ3) is 12.9. The molecule has 5 amide bonds. The molecule has 0 saturated heterocycles. The van der Waals surface area contributed by atoms with Gasteiger partial charge in [-0.25, -0.2) is 0 Å². The normalized spacial score (nSPS) is 10.1. The number of carboxylic acids is 1. The summed E-state index contributed by atoms with van der Waals surface area (Å²) in [4.78, 5) is 73.8. The van der Waals surface area contributed by atoms with Crippen molar-refractivity contribution in [3.05, 3.63) is 0 Å². The molecule has 0 fully saturated rings. The number of rotatable bonds is 17. The second-order valence-corrected chi connectivity index (χ2v) is 6.94. The number of nitrogens with one attached hydrogen (secondary N) is 2. The molecule has 0 unspecified atom stereocenters. The van der Waals surface area contributed by atoms with Crippen LogP contribution in [0.1, 0.15) is 0 Å². The molecule has 34 heavy (non-hydrogen) atoms. The summed E-state index contributed by atoms with van der Waals surface area (Å²) in [6.07, 6.45) is -1.01. The van der Waals surface area contributed by atoms with E-state index >= 15 is 0 Å². The van der Waals surface area contributed by atoms with Gasteiger partial charge in [-0.15, -0.1) is 0 Å². The Hall–Kier alpha value is -3.03. The minimum Gasteiger partial charge on any atom is -0.480 e. The molecule has 0 spiro atoms. The highest BCUT2D eigenvalue weighted by Gasteiger charge is 2.19. The maximum Gasteiger partial charge on any atom is 0.323 e. The number of nitrogens with zero attached hydrogens (tertiary/aromatic N) is 3. The van der Waals surface area contributed by atoms with Gasteiger partial charge in [-0.2, -0.15) is 0 Å². The highest BCUT2D eigenvalue weighted by atomic mass is 16.4. The molecular weight excluding hydrogens is 445 g/mol. The van der Waals surface area contributed by atoms with Gasteiger partial charge in [0.15, 0.2) is 0 Å². The van der Waals surface area contributed by atoms with Crippen LogP contribution >= 0.6 is 0 Å². The zero-order valence-corrected chi connectivity index (χ0v) is 19.0. The number of amides is 5. The molecule has 0 aliphatic carbocycles. The second-order valence-electron chi connectivity index (χ2n) is 6.94. The van der Waals surface area contributed by atoms with Crippen molar-refractivity contribution >= 4 is 59.0 Å². The third-order valence-electron chi connectivity index (χ3n) is 4.38. The van der Waals surface area contributed by atoms with E-state index in [4.69, 9.17) is 34.4 Å². The number of hydrogen-bond donors (Lipinski definition) is 4. The number of aliphatic carboxylic acids is 1. The van der Waals surface area contributed by atoms with Gasteiger partial charge >= 0.3 is 5.97 Å². The van der Waals surface area contributed by atoms with Gasteiger partial charge in [0.05, 0.1) is 36.6 Å². The topological polar surface area (TPSA) is 182 Å². The molecule has 0 atom stereocenters. The van der Waals surface area contributed by atoms with Crippen LogP contribution in [0.5, 0.6) is 0 Å². The van der Waals surface area contributed by atoms with Crippen molar-refractivity contribution in [3.8, 4) is 0 Å². The van der Waals surface area contributed by atoms with E-state index in [1.54, 1.807) is 0 Å². The Morgan fingerprint density at radius 3 is 1.32 bits per heavy atom. The molecule has 0 bridgehead atoms. The molecule has 0 saturated carbocycles. The molecular formula is C18H29B3N6O7. The first-order chi connectivity index (χ1) is 16.1. The Labute approximate surface area is 202 Å². The van der Waals surface area contributed by atoms with E-state index in [-0.39, 0.29) is 71.3 Å². The van der Waals surface area contributed by atoms with Crippen LogP contribution in [-0.4, -0.2) is 138 Å². The molecule has 0 rings (SSSR count). The molecule has 0 aliphatic rings. The lowest BCUT2D eigenvalue weighted by molar-refractivity contribution is -0.143. The minimum absolute atomic E-state index is 0.0114. The van der Waals surface area contributed by atoms with E-state index in [0.717, 1.165) is 9.80 Å². The fourth-order valence-electron chi connectivity index (χ4n) is 2.70. The van der Waals surface area contributed by atoms with Gasteiger partial charge < -0.3 is 36.2 Å².